The first kappa shape index (κ1) is 12.4. The molecule has 2 rings (SSSR count). The number of benzene rings is 1. The molecule has 0 amide bonds. The molecule has 2 heteroatoms. The fourth-order valence-corrected chi connectivity index (χ4v) is 2.94. The monoisotopic (exact) mass is 233 g/mol. The molecule has 0 radical (unpaired) electrons. The topological polar surface area (TPSA) is 21.3 Å². The average Bonchev–Trinajstić information content (AvgIpc) is 2.54. The van der Waals surface area contributed by atoms with Crippen molar-refractivity contribution < 1.29 is 4.74 Å². The van der Waals surface area contributed by atoms with Gasteiger partial charge in [-0.2, -0.15) is 0 Å². The third-order valence-corrected chi connectivity index (χ3v) is 3.72. The Balaban J connectivity index is 2.47. The second kappa shape index (κ2) is 5.54. The summed E-state index contributed by atoms with van der Waals surface area (Å²) in [5.41, 5.74) is 4.31. The molecule has 1 atom stereocenters. The van der Waals surface area contributed by atoms with Crippen LogP contribution in [0.3, 0.4) is 0 Å². The summed E-state index contributed by atoms with van der Waals surface area (Å²) in [6.45, 7) is 5.43. The minimum absolute atomic E-state index is 0.507. The van der Waals surface area contributed by atoms with E-state index in [2.05, 4.69) is 31.3 Å². The highest BCUT2D eigenvalue weighted by atomic mass is 16.5. The molecule has 94 valence electrons. The summed E-state index contributed by atoms with van der Waals surface area (Å²) >= 11 is 0. The third kappa shape index (κ3) is 2.47. The molecule has 0 saturated carbocycles. The Morgan fingerprint density at radius 3 is 2.88 bits per heavy atom. The number of rotatable bonds is 3. The first-order valence-electron chi connectivity index (χ1n) is 6.67. The number of hydrogen-bond acceptors (Lipinski definition) is 2. The van der Waals surface area contributed by atoms with Gasteiger partial charge in [0.1, 0.15) is 5.75 Å². The van der Waals surface area contributed by atoms with Crippen LogP contribution in [0.2, 0.25) is 0 Å². The first-order chi connectivity index (χ1) is 8.27. The normalized spacial score (nSPS) is 19.6. The Kier molecular flexibility index (Phi) is 4.06. The number of hydrogen-bond donors (Lipinski definition) is 1. The Labute approximate surface area is 104 Å². The van der Waals surface area contributed by atoms with Crippen LogP contribution in [0.1, 0.15) is 48.9 Å². The lowest BCUT2D eigenvalue weighted by Gasteiger charge is -2.22. The summed E-state index contributed by atoms with van der Waals surface area (Å²) in [5, 5.41) is 3.62. The Hall–Kier alpha value is -1.02. The van der Waals surface area contributed by atoms with Crippen molar-refractivity contribution in [1.82, 2.24) is 5.32 Å². The highest BCUT2D eigenvalue weighted by Gasteiger charge is 2.22. The van der Waals surface area contributed by atoms with Gasteiger partial charge in [0.2, 0.25) is 0 Å². The number of methoxy groups -OCH3 is 1. The molecular weight excluding hydrogens is 210 g/mol. The second-order valence-corrected chi connectivity index (χ2v) is 4.83. The van der Waals surface area contributed by atoms with Crippen LogP contribution in [0, 0.1) is 6.92 Å². The minimum atomic E-state index is 0.507. The van der Waals surface area contributed by atoms with Crippen LogP contribution >= 0.6 is 0 Å². The SMILES string of the molecule is CCNC1CCCCc2c(OC)ccc(C)c21. The van der Waals surface area contributed by atoms with E-state index in [0.717, 1.165) is 18.7 Å². The average molecular weight is 233 g/mol. The van der Waals surface area contributed by atoms with Crippen molar-refractivity contribution in [1.29, 1.82) is 0 Å². The Bertz CT molecular complexity index is 387. The van der Waals surface area contributed by atoms with Crippen LogP contribution in [0.5, 0.6) is 5.75 Å². The standard InChI is InChI=1S/C15H23NO/c1-4-16-13-8-6-5-7-12-14(17-3)10-9-11(2)15(12)13/h9-10,13,16H,4-8H2,1-3H3. The largest absolute Gasteiger partial charge is 0.496 e. The van der Waals surface area contributed by atoms with Crippen molar-refractivity contribution in [2.75, 3.05) is 13.7 Å². The fraction of sp³-hybridized carbons (Fsp3) is 0.600. The van der Waals surface area contributed by atoms with Crippen molar-refractivity contribution in [3.05, 3.63) is 28.8 Å². The number of aryl methyl sites for hydroxylation is 1. The van der Waals surface area contributed by atoms with E-state index in [0.29, 0.717) is 6.04 Å². The molecule has 0 bridgehead atoms. The van der Waals surface area contributed by atoms with E-state index in [1.807, 2.05) is 0 Å². The first-order valence-corrected chi connectivity index (χ1v) is 6.67. The van der Waals surface area contributed by atoms with E-state index in [4.69, 9.17) is 4.74 Å². The molecule has 0 heterocycles. The molecule has 0 spiro atoms. The van der Waals surface area contributed by atoms with Gasteiger partial charge < -0.3 is 10.1 Å². The predicted octanol–water partition coefficient (Wildman–Crippen LogP) is 3.38. The summed E-state index contributed by atoms with van der Waals surface area (Å²) in [6, 6.07) is 4.81. The van der Waals surface area contributed by atoms with Gasteiger partial charge in [0.05, 0.1) is 7.11 Å². The molecule has 1 N–H and O–H groups in total. The zero-order valence-electron chi connectivity index (χ0n) is 11.2. The van der Waals surface area contributed by atoms with Crippen molar-refractivity contribution >= 4 is 0 Å². The van der Waals surface area contributed by atoms with Crippen LogP contribution in [-0.4, -0.2) is 13.7 Å². The smallest absolute Gasteiger partial charge is 0.122 e. The van der Waals surface area contributed by atoms with Gasteiger partial charge in [-0.25, -0.2) is 0 Å². The zero-order chi connectivity index (χ0) is 12.3. The summed E-state index contributed by atoms with van der Waals surface area (Å²) < 4.78 is 5.52. The number of ether oxygens (including phenoxy) is 1. The lowest BCUT2D eigenvalue weighted by atomic mass is 9.93. The quantitative estimate of drug-likeness (QED) is 0.808. The van der Waals surface area contributed by atoms with Crippen LogP contribution in [0.4, 0.5) is 0 Å². The molecule has 0 fully saturated rings. The molecule has 17 heavy (non-hydrogen) atoms. The maximum Gasteiger partial charge on any atom is 0.122 e. The molecule has 2 nitrogen and oxygen atoms in total. The van der Waals surface area contributed by atoms with Crippen LogP contribution in [-0.2, 0) is 6.42 Å². The lowest BCUT2D eigenvalue weighted by molar-refractivity contribution is 0.408. The van der Waals surface area contributed by atoms with Crippen molar-refractivity contribution in [2.24, 2.45) is 0 Å². The van der Waals surface area contributed by atoms with Gasteiger partial charge in [0, 0.05) is 6.04 Å². The van der Waals surface area contributed by atoms with Gasteiger partial charge in [-0.1, -0.05) is 19.4 Å². The number of fused-ring (bicyclic) bond motifs is 1. The zero-order valence-corrected chi connectivity index (χ0v) is 11.2. The molecule has 1 aliphatic rings. The summed E-state index contributed by atoms with van der Waals surface area (Å²) in [5.74, 6) is 1.07. The molecule has 1 aliphatic carbocycles. The Morgan fingerprint density at radius 2 is 2.18 bits per heavy atom. The van der Waals surface area contributed by atoms with Gasteiger partial charge in [-0.05, 0) is 55.5 Å². The van der Waals surface area contributed by atoms with E-state index in [1.165, 1.54) is 36.0 Å². The summed E-state index contributed by atoms with van der Waals surface area (Å²) in [4.78, 5) is 0. The molecule has 0 saturated heterocycles. The summed E-state index contributed by atoms with van der Waals surface area (Å²) in [6.07, 6.45) is 4.97. The van der Waals surface area contributed by atoms with Crippen molar-refractivity contribution in [2.45, 2.75) is 45.6 Å². The maximum atomic E-state index is 5.52. The van der Waals surface area contributed by atoms with Gasteiger partial charge in [0.15, 0.2) is 0 Å². The van der Waals surface area contributed by atoms with E-state index in [-0.39, 0.29) is 0 Å². The Morgan fingerprint density at radius 1 is 1.35 bits per heavy atom. The molecule has 1 unspecified atom stereocenters. The second-order valence-electron chi connectivity index (χ2n) is 4.83. The van der Waals surface area contributed by atoms with Crippen molar-refractivity contribution in [3.8, 4) is 5.75 Å². The van der Waals surface area contributed by atoms with Crippen LogP contribution < -0.4 is 10.1 Å². The van der Waals surface area contributed by atoms with E-state index in [9.17, 15) is 0 Å². The molecule has 0 aromatic heterocycles. The van der Waals surface area contributed by atoms with Gasteiger partial charge in [-0.15, -0.1) is 0 Å². The molecule has 1 aromatic carbocycles. The van der Waals surface area contributed by atoms with Crippen LogP contribution in [0.25, 0.3) is 0 Å². The van der Waals surface area contributed by atoms with Crippen molar-refractivity contribution in [3.63, 3.8) is 0 Å². The summed E-state index contributed by atoms with van der Waals surface area (Å²) in [7, 11) is 1.78. The van der Waals surface area contributed by atoms with Gasteiger partial charge in [0.25, 0.3) is 0 Å². The molecule has 0 aliphatic heterocycles. The maximum absolute atomic E-state index is 5.52. The van der Waals surface area contributed by atoms with Gasteiger partial charge in [-0.3, -0.25) is 0 Å². The lowest BCUT2D eigenvalue weighted by Crippen LogP contribution is -2.22. The van der Waals surface area contributed by atoms with E-state index < -0.39 is 0 Å². The molecule has 1 aromatic rings. The highest BCUT2D eigenvalue weighted by Crippen LogP contribution is 2.36. The van der Waals surface area contributed by atoms with E-state index in [1.54, 1.807) is 7.11 Å². The predicted molar refractivity (Wildman–Crippen MR) is 71.7 cm³/mol. The minimum Gasteiger partial charge on any atom is -0.496 e. The van der Waals surface area contributed by atoms with Crippen LogP contribution in [0.15, 0.2) is 12.1 Å². The van der Waals surface area contributed by atoms with E-state index >= 15 is 0 Å². The fourth-order valence-electron chi connectivity index (χ4n) is 2.94. The molecular formula is C15H23NO. The van der Waals surface area contributed by atoms with Gasteiger partial charge >= 0.3 is 0 Å². The third-order valence-electron chi connectivity index (χ3n) is 3.72. The number of nitrogens with one attached hydrogen (secondary N) is 1. The highest BCUT2D eigenvalue weighted by molar-refractivity contribution is 5.47.